The van der Waals surface area contributed by atoms with Gasteiger partial charge in [0.15, 0.2) is 0 Å². The molecule has 0 aromatic carbocycles. The van der Waals surface area contributed by atoms with Gasteiger partial charge in [-0.3, -0.25) is 0 Å². The Balaban J connectivity index is 0.00000289. The van der Waals surface area contributed by atoms with E-state index in [0.717, 1.165) is 12.8 Å². The molecule has 0 spiro atoms. The molecule has 0 aliphatic carbocycles. The molecule has 0 bridgehead atoms. The summed E-state index contributed by atoms with van der Waals surface area (Å²) in [6, 6.07) is 0. The predicted molar refractivity (Wildman–Crippen MR) is 64.9 cm³/mol. The number of cyclic esters (lactones) is 1. The summed E-state index contributed by atoms with van der Waals surface area (Å²) in [6.45, 7) is 3.85. The Morgan fingerprint density at radius 3 is 2.22 bits per heavy atom. The second-order valence-electron chi connectivity index (χ2n) is 4.89. The standard InChI is InChI=1S/C13H23NO3.Na/c1-3-4-5-6-7-8-9-10-13(2)11(15)14-12(16)17-13;/h3-10H2,1-2H3,(H,14,15,16);/q;+1/p-1. The fraction of sp³-hybridized carbons (Fsp3) is 0.846. The number of ether oxygens (including phenoxy) is 1. The summed E-state index contributed by atoms with van der Waals surface area (Å²) in [5.41, 5.74) is -0.986. The second-order valence-corrected chi connectivity index (χ2v) is 4.89. The molecule has 0 saturated carbocycles. The van der Waals surface area contributed by atoms with Crippen molar-refractivity contribution in [2.75, 3.05) is 0 Å². The van der Waals surface area contributed by atoms with Crippen molar-refractivity contribution in [2.45, 2.75) is 70.8 Å². The molecule has 1 unspecified atom stereocenters. The molecule has 98 valence electrons. The van der Waals surface area contributed by atoms with Crippen LogP contribution in [0.15, 0.2) is 4.99 Å². The molecule has 18 heavy (non-hydrogen) atoms. The smallest absolute Gasteiger partial charge is 0.859 e. The first-order chi connectivity index (χ1) is 8.08. The zero-order chi connectivity index (χ0) is 12.7. The van der Waals surface area contributed by atoms with Crippen molar-refractivity contribution in [1.29, 1.82) is 0 Å². The van der Waals surface area contributed by atoms with Crippen molar-refractivity contribution in [1.82, 2.24) is 0 Å². The van der Waals surface area contributed by atoms with Crippen LogP contribution in [-0.2, 0) is 4.74 Å². The van der Waals surface area contributed by atoms with Crippen LogP contribution >= 0.6 is 0 Å². The minimum atomic E-state index is -0.986. The molecule has 1 aliphatic heterocycles. The van der Waals surface area contributed by atoms with Gasteiger partial charge in [0.1, 0.15) is 5.60 Å². The van der Waals surface area contributed by atoms with Crippen LogP contribution in [0.25, 0.3) is 0 Å². The molecule has 1 heterocycles. The van der Waals surface area contributed by atoms with Crippen LogP contribution in [0.5, 0.6) is 0 Å². The fourth-order valence-corrected chi connectivity index (χ4v) is 2.04. The van der Waals surface area contributed by atoms with Crippen LogP contribution in [0.2, 0.25) is 0 Å². The van der Waals surface area contributed by atoms with Crippen molar-refractivity contribution in [3.8, 4) is 0 Å². The van der Waals surface area contributed by atoms with Crippen LogP contribution in [0.1, 0.15) is 65.2 Å². The summed E-state index contributed by atoms with van der Waals surface area (Å²) < 4.78 is 4.95. The maximum absolute atomic E-state index is 11.4. The van der Waals surface area contributed by atoms with Gasteiger partial charge in [-0.1, -0.05) is 45.4 Å². The Morgan fingerprint density at radius 2 is 1.72 bits per heavy atom. The third kappa shape index (κ3) is 5.72. The third-order valence-corrected chi connectivity index (χ3v) is 3.22. The first kappa shape index (κ1) is 17.9. The van der Waals surface area contributed by atoms with Gasteiger partial charge >= 0.3 is 35.7 Å². The SMILES string of the molecule is CCCCCCCCCC1(C)OC(=O)N=C1[O-].[Na+]. The van der Waals surface area contributed by atoms with E-state index < -0.39 is 17.6 Å². The summed E-state index contributed by atoms with van der Waals surface area (Å²) in [4.78, 5) is 14.1. The molecular formula is C13H22NNaO3. The van der Waals surface area contributed by atoms with Gasteiger partial charge in [0.25, 0.3) is 0 Å². The van der Waals surface area contributed by atoms with Gasteiger partial charge in [0, 0.05) is 5.90 Å². The molecule has 1 rings (SSSR count). The van der Waals surface area contributed by atoms with E-state index in [1.165, 1.54) is 32.1 Å². The number of nitrogens with zero attached hydrogens (tertiary/aromatic N) is 1. The maximum Gasteiger partial charge on any atom is 1.00 e. The van der Waals surface area contributed by atoms with Crippen LogP contribution in [-0.4, -0.2) is 17.6 Å². The van der Waals surface area contributed by atoms with E-state index in [4.69, 9.17) is 4.74 Å². The molecule has 1 aliphatic rings. The first-order valence-corrected chi connectivity index (χ1v) is 6.57. The zero-order valence-corrected chi connectivity index (χ0v) is 13.8. The average molecular weight is 263 g/mol. The van der Waals surface area contributed by atoms with E-state index in [0.29, 0.717) is 6.42 Å². The summed E-state index contributed by atoms with van der Waals surface area (Å²) in [5, 5.41) is 11.4. The van der Waals surface area contributed by atoms with Gasteiger partial charge in [-0.05, 0) is 19.8 Å². The number of carbonyl (C=O) groups excluding carboxylic acids is 1. The normalized spacial score (nSPS) is 22.3. The molecule has 1 amide bonds. The summed E-state index contributed by atoms with van der Waals surface area (Å²) in [6.07, 6.45) is 8.14. The number of hydrogen-bond donors (Lipinski definition) is 0. The van der Waals surface area contributed by atoms with E-state index >= 15 is 0 Å². The third-order valence-electron chi connectivity index (χ3n) is 3.22. The Morgan fingerprint density at radius 1 is 1.17 bits per heavy atom. The van der Waals surface area contributed by atoms with Crippen molar-refractivity contribution in [3.05, 3.63) is 0 Å². The number of aliphatic imine (C=N–C) groups is 1. The Hall–Kier alpha value is -0.0600. The van der Waals surface area contributed by atoms with E-state index in [1.54, 1.807) is 6.92 Å². The van der Waals surface area contributed by atoms with Gasteiger partial charge < -0.3 is 9.84 Å². The largest absolute Gasteiger partial charge is 1.00 e. The molecule has 0 N–H and O–H groups in total. The molecule has 4 nitrogen and oxygen atoms in total. The van der Waals surface area contributed by atoms with E-state index in [9.17, 15) is 9.90 Å². The van der Waals surface area contributed by atoms with Gasteiger partial charge in [-0.15, -0.1) is 0 Å². The summed E-state index contributed by atoms with van der Waals surface area (Å²) >= 11 is 0. The van der Waals surface area contributed by atoms with E-state index in [2.05, 4.69) is 11.9 Å². The Kier molecular flexibility index (Phi) is 8.91. The van der Waals surface area contributed by atoms with Gasteiger partial charge in [0.05, 0.1) is 0 Å². The summed E-state index contributed by atoms with van der Waals surface area (Å²) in [5.74, 6) is -0.423. The molecule has 5 heteroatoms. The zero-order valence-electron chi connectivity index (χ0n) is 11.8. The quantitative estimate of drug-likeness (QED) is 0.450. The number of amides is 1. The number of carbonyl (C=O) groups is 1. The molecule has 0 aromatic heterocycles. The minimum Gasteiger partial charge on any atom is -0.859 e. The van der Waals surface area contributed by atoms with Crippen LogP contribution in [0.4, 0.5) is 4.79 Å². The Labute approximate surface area is 131 Å². The van der Waals surface area contributed by atoms with Crippen molar-refractivity contribution < 1.29 is 44.2 Å². The van der Waals surface area contributed by atoms with Crippen molar-refractivity contribution in [2.24, 2.45) is 4.99 Å². The van der Waals surface area contributed by atoms with Gasteiger partial charge in [-0.25, -0.2) is 4.79 Å². The number of unbranched alkanes of at least 4 members (excludes halogenated alkanes) is 6. The van der Waals surface area contributed by atoms with Gasteiger partial charge in [-0.2, -0.15) is 4.99 Å². The molecule has 0 aromatic rings. The van der Waals surface area contributed by atoms with E-state index in [1.807, 2.05) is 0 Å². The van der Waals surface area contributed by atoms with Crippen LogP contribution in [0, 0.1) is 0 Å². The second kappa shape index (κ2) is 8.94. The predicted octanol–water partition coefficient (Wildman–Crippen LogP) is -0.201. The fourth-order valence-electron chi connectivity index (χ4n) is 2.04. The molecule has 0 saturated heterocycles. The van der Waals surface area contributed by atoms with E-state index in [-0.39, 0.29) is 29.6 Å². The minimum absolute atomic E-state index is 0. The van der Waals surface area contributed by atoms with Crippen molar-refractivity contribution in [3.63, 3.8) is 0 Å². The van der Waals surface area contributed by atoms with Crippen LogP contribution in [0.3, 0.4) is 0 Å². The van der Waals surface area contributed by atoms with Crippen LogP contribution < -0.4 is 34.7 Å². The monoisotopic (exact) mass is 263 g/mol. The Bertz CT molecular complexity index is 294. The van der Waals surface area contributed by atoms with Gasteiger partial charge in [0.2, 0.25) is 0 Å². The summed E-state index contributed by atoms with van der Waals surface area (Å²) in [7, 11) is 0. The average Bonchev–Trinajstić information content (AvgIpc) is 2.52. The number of rotatable bonds is 8. The first-order valence-electron chi connectivity index (χ1n) is 6.57. The maximum atomic E-state index is 11.4. The van der Waals surface area contributed by atoms with Crippen molar-refractivity contribution >= 4 is 12.0 Å². The molecular weight excluding hydrogens is 241 g/mol. The molecule has 1 atom stereocenters. The topological polar surface area (TPSA) is 61.7 Å². The molecule has 0 radical (unpaired) electrons. The number of hydrogen-bond acceptors (Lipinski definition) is 3. The molecule has 0 fully saturated rings.